The summed E-state index contributed by atoms with van der Waals surface area (Å²) < 4.78 is 4.59. The summed E-state index contributed by atoms with van der Waals surface area (Å²) in [4.78, 5) is 22.6. The van der Waals surface area contributed by atoms with E-state index in [0.717, 1.165) is 5.56 Å². The van der Waals surface area contributed by atoms with Gasteiger partial charge in [0.1, 0.15) is 0 Å². The largest absolute Gasteiger partial charge is 0.465 e. The lowest BCUT2D eigenvalue weighted by Crippen LogP contribution is -2.41. The van der Waals surface area contributed by atoms with Gasteiger partial charge in [-0.2, -0.15) is 0 Å². The maximum atomic E-state index is 11.4. The molecule has 0 fully saturated rings. The fourth-order valence-corrected chi connectivity index (χ4v) is 1.38. The molecule has 0 aliphatic rings. The van der Waals surface area contributed by atoms with Crippen LogP contribution in [0.1, 0.15) is 22.8 Å². The number of carbonyl (C=O) groups is 2. The summed E-state index contributed by atoms with van der Waals surface area (Å²) in [6, 6.07) is 6.11. The van der Waals surface area contributed by atoms with E-state index in [-0.39, 0.29) is 18.7 Å². The summed E-state index contributed by atoms with van der Waals surface area (Å²) >= 11 is 0. The first-order valence-corrected chi connectivity index (χ1v) is 5.89. The molecular weight excluding hydrogens is 248 g/mol. The third kappa shape index (κ3) is 4.97. The smallest absolute Gasteiger partial charge is 0.337 e. The molecule has 0 aromatic heterocycles. The van der Waals surface area contributed by atoms with Gasteiger partial charge >= 0.3 is 12.0 Å². The third-order valence-electron chi connectivity index (χ3n) is 2.48. The van der Waals surface area contributed by atoms with Crippen molar-refractivity contribution in [1.29, 1.82) is 0 Å². The van der Waals surface area contributed by atoms with Gasteiger partial charge in [0.15, 0.2) is 0 Å². The Morgan fingerprint density at radius 3 is 2.47 bits per heavy atom. The van der Waals surface area contributed by atoms with Crippen LogP contribution in [0.5, 0.6) is 0 Å². The van der Waals surface area contributed by atoms with E-state index >= 15 is 0 Å². The number of urea groups is 1. The fourth-order valence-electron chi connectivity index (χ4n) is 1.38. The second kappa shape index (κ2) is 7.38. The van der Waals surface area contributed by atoms with Gasteiger partial charge < -0.3 is 20.5 Å². The number of hydrogen-bond acceptors (Lipinski definition) is 4. The van der Waals surface area contributed by atoms with Gasteiger partial charge in [0.2, 0.25) is 0 Å². The number of rotatable bonds is 5. The summed E-state index contributed by atoms with van der Waals surface area (Å²) in [6.45, 7) is 1.93. The zero-order chi connectivity index (χ0) is 14.3. The van der Waals surface area contributed by atoms with Gasteiger partial charge in [-0.15, -0.1) is 0 Å². The van der Waals surface area contributed by atoms with Gasteiger partial charge in [0.25, 0.3) is 0 Å². The zero-order valence-electron chi connectivity index (χ0n) is 11.0. The third-order valence-corrected chi connectivity index (χ3v) is 2.48. The maximum absolute atomic E-state index is 11.4. The predicted molar refractivity (Wildman–Crippen MR) is 69.7 cm³/mol. The molecule has 0 spiro atoms. The number of esters is 1. The first-order chi connectivity index (χ1) is 9.06. The molecule has 1 aromatic carbocycles. The monoisotopic (exact) mass is 266 g/mol. The Hall–Kier alpha value is -2.08. The van der Waals surface area contributed by atoms with Crippen LogP contribution in [-0.2, 0) is 11.3 Å². The summed E-state index contributed by atoms with van der Waals surface area (Å²) in [7, 11) is 1.32. The molecule has 0 radical (unpaired) electrons. The molecule has 3 N–H and O–H groups in total. The molecule has 0 aliphatic heterocycles. The fraction of sp³-hybridized carbons (Fsp3) is 0.385. The first-order valence-electron chi connectivity index (χ1n) is 5.89. The molecule has 6 heteroatoms. The van der Waals surface area contributed by atoms with E-state index in [2.05, 4.69) is 15.4 Å². The lowest BCUT2D eigenvalue weighted by Gasteiger charge is -2.12. The topological polar surface area (TPSA) is 87.7 Å². The van der Waals surface area contributed by atoms with E-state index in [1.54, 1.807) is 31.2 Å². The highest BCUT2D eigenvalue weighted by Gasteiger charge is 2.06. The van der Waals surface area contributed by atoms with E-state index in [1.165, 1.54) is 7.11 Å². The molecule has 0 aliphatic carbocycles. The Kier molecular flexibility index (Phi) is 5.81. The predicted octanol–water partition coefficient (Wildman–Crippen LogP) is 0.653. The van der Waals surface area contributed by atoms with Crippen LogP contribution < -0.4 is 10.6 Å². The van der Waals surface area contributed by atoms with Crippen molar-refractivity contribution in [3.05, 3.63) is 35.4 Å². The highest BCUT2D eigenvalue weighted by atomic mass is 16.5. The van der Waals surface area contributed by atoms with E-state index in [0.29, 0.717) is 12.1 Å². The molecule has 0 heterocycles. The molecule has 1 atom stereocenters. The summed E-state index contributed by atoms with van der Waals surface area (Å²) in [5, 5.41) is 14.0. The van der Waals surface area contributed by atoms with Crippen molar-refractivity contribution in [2.24, 2.45) is 0 Å². The molecule has 6 nitrogen and oxygen atoms in total. The summed E-state index contributed by atoms with van der Waals surface area (Å²) in [6.07, 6.45) is 0. The van der Waals surface area contributed by atoms with Gasteiger partial charge in [0, 0.05) is 6.54 Å². The van der Waals surface area contributed by atoms with Crippen molar-refractivity contribution in [2.75, 3.05) is 13.7 Å². The Bertz CT molecular complexity index is 431. The van der Waals surface area contributed by atoms with Gasteiger partial charge in [-0.25, -0.2) is 9.59 Å². The number of nitrogens with one attached hydrogen (secondary N) is 2. The van der Waals surface area contributed by atoms with Gasteiger partial charge in [-0.3, -0.25) is 0 Å². The van der Waals surface area contributed by atoms with Crippen LogP contribution in [0.3, 0.4) is 0 Å². The quantitative estimate of drug-likeness (QED) is 0.683. The lowest BCUT2D eigenvalue weighted by molar-refractivity contribution is 0.0600. The van der Waals surface area contributed by atoms with E-state index in [4.69, 9.17) is 5.11 Å². The minimum absolute atomic E-state index is 0.110. The second-order valence-electron chi connectivity index (χ2n) is 4.10. The number of benzene rings is 1. The SMILES string of the molecule is COC(=O)c1ccc(CNC(=O)NC(C)CO)cc1. The average molecular weight is 266 g/mol. The van der Waals surface area contributed by atoms with Crippen molar-refractivity contribution in [1.82, 2.24) is 10.6 Å². The van der Waals surface area contributed by atoms with Crippen LogP contribution in [0.25, 0.3) is 0 Å². The van der Waals surface area contributed by atoms with Crippen LogP contribution >= 0.6 is 0 Å². The van der Waals surface area contributed by atoms with Crippen molar-refractivity contribution < 1.29 is 19.4 Å². The maximum Gasteiger partial charge on any atom is 0.337 e. The molecule has 0 saturated heterocycles. The molecule has 0 saturated carbocycles. The van der Waals surface area contributed by atoms with Crippen molar-refractivity contribution in [2.45, 2.75) is 19.5 Å². The van der Waals surface area contributed by atoms with E-state index in [1.807, 2.05) is 0 Å². The highest BCUT2D eigenvalue weighted by molar-refractivity contribution is 5.89. The minimum atomic E-state index is -0.394. The lowest BCUT2D eigenvalue weighted by atomic mass is 10.1. The Balaban J connectivity index is 2.46. The van der Waals surface area contributed by atoms with Gasteiger partial charge in [0.05, 0.1) is 25.3 Å². The number of aliphatic hydroxyl groups is 1. The number of hydrogen-bond donors (Lipinski definition) is 3. The zero-order valence-corrected chi connectivity index (χ0v) is 11.0. The Labute approximate surface area is 111 Å². The van der Waals surface area contributed by atoms with Crippen molar-refractivity contribution >= 4 is 12.0 Å². The molecular formula is C13H18N2O4. The van der Waals surface area contributed by atoms with Crippen molar-refractivity contribution in [3.8, 4) is 0 Å². The Morgan fingerprint density at radius 1 is 1.32 bits per heavy atom. The number of carbonyl (C=O) groups excluding carboxylic acids is 2. The van der Waals surface area contributed by atoms with Crippen LogP contribution in [0, 0.1) is 0 Å². The number of methoxy groups -OCH3 is 1. The molecule has 1 aromatic rings. The molecule has 19 heavy (non-hydrogen) atoms. The molecule has 1 unspecified atom stereocenters. The van der Waals surface area contributed by atoms with Crippen LogP contribution in [-0.4, -0.2) is 36.9 Å². The molecule has 2 amide bonds. The summed E-state index contributed by atoms with van der Waals surface area (Å²) in [5.74, 6) is -0.394. The van der Waals surface area contributed by atoms with Crippen LogP contribution in [0.15, 0.2) is 24.3 Å². The standard InChI is InChI=1S/C13H18N2O4/c1-9(8-16)15-13(18)14-7-10-3-5-11(6-4-10)12(17)19-2/h3-6,9,16H,7-8H2,1-2H3,(H2,14,15,18). The highest BCUT2D eigenvalue weighted by Crippen LogP contribution is 2.05. The first kappa shape index (κ1) is 15.0. The van der Waals surface area contributed by atoms with E-state index < -0.39 is 5.97 Å². The molecule has 0 bridgehead atoms. The van der Waals surface area contributed by atoms with E-state index in [9.17, 15) is 9.59 Å². The molecule has 1 rings (SSSR count). The Morgan fingerprint density at radius 2 is 1.95 bits per heavy atom. The number of ether oxygens (including phenoxy) is 1. The summed E-state index contributed by atoms with van der Waals surface area (Å²) in [5.41, 5.74) is 1.32. The number of amides is 2. The normalized spacial score (nSPS) is 11.5. The second-order valence-corrected chi connectivity index (χ2v) is 4.10. The molecule has 104 valence electrons. The van der Waals surface area contributed by atoms with Gasteiger partial charge in [-0.05, 0) is 24.6 Å². The van der Waals surface area contributed by atoms with Gasteiger partial charge in [-0.1, -0.05) is 12.1 Å². The minimum Gasteiger partial charge on any atom is -0.465 e. The number of aliphatic hydroxyl groups excluding tert-OH is 1. The van der Waals surface area contributed by atoms with Crippen LogP contribution in [0.4, 0.5) is 4.79 Å². The average Bonchev–Trinajstić information content (AvgIpc) is 2.44. The van der Waals surface area contributed by atoms with Crippen molar-refractivity contribution in [3.63, 3.8) is 0 Å². The van der Waals surface area contributed by atoms with Crippen LogP contribution in [0.2, 0.25) is 0 Å².